The van der Waals surface area contributed by atoms with E-state index in [2.05, 4.69) is 5.32 Å². The van der Waals surface area contributed by atoms with E-state index in [1.165, 1.54) is 0 Å². The van der Waals surface area contributed by atoms with Gasteiger partial charge in [0.05, 0.1) is 30.5 Å². The molecule has 4 rings (SSSR count). The Morgan fingerprint density at radius 3 is 2.44 bits per heavy atom. The van der Waals surface area contributed by atoms with Gasteiger partial charge in [0.25, 0.3) is 5.91 Å². The lowest BCUT2D eigenvalue weighted by Gasteiger charge is -2.30. The van der Waals surface area contributed by atoms with Gasteiger partial charge in [0.15, 0.2) is 21.5 Å². The molecule has 11 heteroatoms. The lowest BCUT2D eigenvalue weighted by atomic mass is 9.85. The van der Waals surface area contributed by atoms with Gasteiger partial charge in [-0.1, -0.05) is 30.3 Å². The van der Waals surface area contributed by atoms with Gasteiger partial charge in [-0.2, -0.15) is 0 Å². The maximum Gasteiger partial charge on any atom is 0.252 e. The summed E-state index contributed by atoms with van der Waals surface area (Å²) in [6, 6.07) is 22.4. The number of nitrogens with one attached hydrogen (secondary N) is 1. The van der Waals surface area contributed by atoms with E-state index in [0.717, 1.165) is 0 Å². The van der Waals surface area contributed by atoms with E-state index in [4.69, 9.17) is 29.0 Å². The molecule has 45 heavy (non-hydrogen) atoms. The third kappa shape index (κ3) is 8.84. The molecule has 1 aliphatic heterocycles. The smallest absolute Gasteiger partial charge is 0.252 e. The van der Waals surface area contributed by atoms with E-state index in [9.17, 15) is 13.2 Å². The van der Waals surface area contributed by atoms with Gasteiger partial charge < -0.3 is 29.4 Å². The Morgan fingerprint density at radius 2 is 1.76 bits per heavy atom. The van der Waals surface area contributed by atoms with Crippen molar-refractivity contribution < 1.29 is 37.3 Å². The molecule has 0 aromatic heterocycles. The van der Waals surface area contributed by atoms with E-state index in [-0.39, 0.29) is 35.7 Å². The van der Waals surface area contributed by atoms with Gasteiger partial charge >= 0.3 is 0 Å². The number of nitrogens with zero attached hydrogens (tertiary/aromatic N) is 1. The van der Waals surface area contributed by atoms with Gasteiger partial charge in [-0.05, 0) is 74.4 Å². The number of carbonyl (C=O) groups is 1. The average molecular weight is 639 g/mol. The maximum absolute atomic E-state index is 14.2. The first-order chi connectivity index (χ1) is 21.7. The van der Waals surface area contributed by atoms with Crippen LogP contribution in [0.1, 0.15) is 50.3 Å². The number of aliphatic hydroxyl groups excluding tert-OH is 1. The normalized spacial score (nSPS) is 17.9. The summed E-state index contributed by atoms with van der Waals surface area (Å²) in [6.45, 7) is 5.06. The largest absolute Gasteiger partial charge is 0.497 e. The van der Waals surface area contributed by atoms with Crippen LogP contribution in [0.2, 0.25) is 0 Å². The summed E-state index contributed by atoms with van der Waals surface area (Å²) in [5.74, 6) is 0.601. The summed E-state index contributed by atoms with van der Waals surface area (Å²) < 4.78 is 50.2. The van der Waals surface area contributed by atoms with Gasteiger partial charge in [0.2, 0.25) is 5.90 Å². The summed E-state index contributed by atoms with van der Waals surface area (Å²) in [5, 5.41) is 12.0. The van der Waals surface area contributed by atoms with E-state index >= 15 is 0 Å². The van der Waals surface area contributed by atoms with Crippen molar-refractivity contribution in [2.45, 2.75) is 55.8 Å². The molecule has 1 amide bonds. The average Bonchev–Trinajstić information content (AvgIpc) is 3.45. The molecule has 0 saturated heterocycles. The number of hydrogen-bond acceptors (Lipinski definition) is 9. The van der Waals surface area contributed by atoms with Crippen LogP contribution in [0.15, 0.2) is 88.8 Å². The van der Waals surface area contributed by atoms with Crippen LogP contribution in [0.25, 0.3) is 0 Å². The molecule has 0 saturated carbocycles. The number of rotatable bonds is 17. The van der Waals surface area contributed by atoms with Crippen LogP contribution in [0.5, 0.6) is 11.5 Å². The van der Waals surface area contributed by atoms with Gasteiger partial charge in [-0.15, -0.1) is 0 Å². The highest BCUT2D eigenvalue weighted by molar-refractivity contribution is 7.91. The molecule has 2 N–H and O–H groups in total. The molecule has 10 nitrogen and oxygen atoms in total. The Bertz CT molecular complexity index is 1530. The molecular weight excluding hydrogens is 596 g/mol. The molecule has 1 heterocycles. The van der Waals surface area contributed by atoms with E-state index in [1.54, 1.807) is 79.9 Å². The van der Waals surface area contributed by atoms with Crippen molar-refractivity contribution in [3.05, 3.63) is 90.0 Å². The number of methoxy groups -OCH3 is 1. The van der Waals surface area contributed by atoms with Crippen molar-refractivity contribution in [1.82, 2.24) is 5.32 Å². The highest BCUT2D eigenvalue weighted by Crippen LogP contribution is 2.43. The van der Waals surface area contributed by atoms with E-state index in [1.807, 2.05) is 19.9 Å². The number of amides is 1. The third-order valence-electron chi connectivity index (χ3n) is 7.34. The summed E-state index contributed by atoms with van der Waals surface area (Å²) >= 11 is 0. The van der Waals surface area contributed by atoms with Crippen LogP contribution in [0.4, 0.5) is 0 Å². The molecule has 0 radical (unpaired) electrons. The van der Waals surface area contributed by atoms with Crippen LogP contribution in [-0.2, 0) is 24.1 Å². The molecule has 0 aliphatic carbocycles. The van der Waals surface area contributed by atoms with Crippen molar-refractivity contribution in [2.24, 2.45) is 4.99 Å². The topological polar surface area (TPSA) is 133 Å². The highest BCUT2D eigenvalue weighted by atomic mass is 32.2. The fraction of sp³-hybridized carbons (Fsp3) is 0.412. The lowest BCUT2D eigenvalue weighted by Crippen LogP contribution is -2.49. The maximum atomic E-state index is 14.2. The molecular formula is C34H42N2O8S. The second-order valence-corrected chi connectivity index (χ2v) is 13.1. The first kappa shape index (κ1) is 34.0. The monoisotopic (exact) mass is 638 g/mol. The summed E-state index contributed by atoms with van der Waals surface area (Å²) in [6.07, 6.45) is 0.0658. The van der Waals surface area contributed by atoms with Crippen molar-refractivity contribution in [1.29, 1.82) is 0 Å². The number of aliphatic hydroxyl groups is 1. The fourth-order valence-electron chi connectivity index (χ4n) is 4.96. The molecule has 3 aromatic carbocycles. The zero-order valence-corrected chi connectivity index (χ0v) is 26.8. The predicted molar refractivity (Wildman–Crippen MR) is 172 cm³/mol. The van der Waals surface area contributed by atoms with Crippen LogP contribution in [0.3, 0.4) is 0 Å². The van der Waals surface area contributed by atoms with Crippen LogP contribution < -0.4 is 14.8 Å². The Morgan fingerprint density at radius 1 is 1.00 bits per heavy atom. The second kappa shape index (κ2) is 15.9. The Hall–Kier alpha value is -3.93. The standard InChI is InChI=1S/C34H42N2O8S/c1-25(2)42-21-8-19-35-33(38)34(18-23-45(39,40)30-12-5-4-6-13-30)31(27-10-7-11-29(24-27)41-3)44-32(36-34)26-14-16-28(17-15-26)43-22-9-20-37/h4-7,10-17,24-25,31,37H,8-9,18-23H2,1-3H3,(H,35,38)/t31-,34-/m1/s1. The van der Waals surface area contributed by atoms with Gasteiger partial charge in [-0.3, -0.25) is 4.79 Å². The van der Waals surface area contributed by atoms with Crippen molar-refractivity contribution in [3.63, 3.8) is 0 Å². The lowest BCUT2D eigenvalue weighted by molar-refractivity contribution is -0.129. The van der Waals surface area contributed by atoms with Crippen LogP contribution >= 0.6 is 0 Å². The molecule has 2 atom stereocenters. The Labute approximate surface area is 265 Å². The first-order valence-electron chi connectivity index (χ1n) is 15.1. The predicted octanol–water partition coefficient (Wildman–Crippen LogP) is 4.51. The number of ether oxygens (including phenoxy) is 4. The van der Waals surface area contributed by atoms with Gasteiger partial charge in [0, 0.05) is 38.2 Å². The third-order valence-corrected chi connectivity index (χ3v) is 9.07. The van der Waals surface area contributed by atoms with Gasteiger partial charge in [0.1, 0.15) is 11.5 Å². The molecule has 0 bridgehead atoms. The molecule has 1 aliphatic rings. The quantitative estimate of drug-likeness (QED) is 0.207. The Balaban J connectivity index is 1.73. The van der Waals surface area contributed by atoms with E-state index < -0.39 is 27.4 Å². The summed E-state index contributed by atoms with van der Waals surface area (Å²) in [7, 11) is -2.21. The van der Waals surface area contributed by atoms with Crippen molar-refractivity contribution >= 4 is 21.6 Å². The molecule has 3 aromatic rings. The first-order valence-corrected chi connectivity index (χ1v) is 16.8. The number of carbonyl (C=O) groups excluding carboxylic acids is 1. The zero-order chi connectivity index (χ0) is 32.3. The van der Waals surface area contributed by atoms with Crippen LogP contribution in [-0.4, -0.2) is 76.2 Å². The number of aliphatic imine (C=N–C) groups is 1. The summed E-state index contributed by atoms with van der Waals surface area (Å²) in [4.78, 5) is 19.3. The molecule has 0 fully saturated rings. The molecule has 242 valence electrons. The number of sulfone groups is 1. The molecule has 0 unspecified atom stereocenters. The minimum absolute atomic E-state index is 0.0310. The zero-order valence-electron chi connectivity index (χ0n) is 26.0. The molecule has 0 spiro atoms. The van der Waals surface area contributed by atoms with E-state index in [0.29, 0.717) is 55.2 Å². The van der Waals surface area contributed by atoms with Gasteiger partial charge in [-0.25, -0.2) is 13.4 Å². The fourth-order valence-corrected chi connectivity index (χ4v) is 6.34. The highest BCUT2D eigenvalue weighted by Gasteiger charge is 2.53. The van der Waals surface area contributed by atoms with Crippen molar-refractivity contribution in [3.8, 4) is 11.5 Å². The summed E-state index contributed by atoms with van der Waals surface area (Å²) in [5.41, 5.74) is -0.394. The van der Waals surface area contributed by atoms with Crippen LogP contribution in [0, 0.1) is 0 Å². The Kier molecular flexibility index (Phi) is 12.0. The number of hydrogen-bond donors (Lipinski definition) is 2. The minimum Gasteiger partial charge on any atom is -0.497 e. The number of benzene rings is 3. The SMILES string of the molecule is COc1cccc([C@H]2OC(c3ccc(OCCCO)cc3)=N[C@@]2(CCS(=O)(=O)c2ccccc2)C(=O)NCCCOC(C)C)c1. The van der Waals surface area contributed by atoms with Crippen molar-refractivity contribution in [2.75, 3.05) is 39.2 Å². The second-order valence-electron chi connectivity index (χ2n) is 11.0. The minimum atomic E-state index is -3.76.